The second kappa shape index (κ2) is 10.3. The van der Waals surface area contributed by atoms with Crippen molar-refractivity contribution in [3.8, 4) is 17.2 Å². The van der Waals surface area contributed by atoms with Crippen molar-refractivity contribution in [3.63, 3.8) is 0 Å². The van der Waals surface area contributed by atoms with Crippen molar-refractivity contribution in [3.05, 3.63) is 53.6 Å². The third kappa shape index (κ3) is 6.96. The van der Waals surface area contributed by atoms with E-state index >= 15 is 0 Å². The molecule has 2 aliphatic heterocycles. The van der Waals surface area contributed by atoms with Crippen LogP contribution in [0, 0.1) is 0 Å². The van der Waals surface area contributed by atoms with Crippen molar-refractivity contribution < 1.29 is 49.7 Å². The van der Waals surface area contributed by atoms with Gasteiger partial charge in [-0.3, -0.25) is 4.79 Å². The number of ether oxygens (including phenoxy) is 3. The van der Waals surface area contributed by atoms with Crippen LogP contribution in [0.2, 0.25) is 0 Å². The van der Waals surface area contributed by atoms with Gasteiger partial charge in [0.15, 0.2) is 11.5 Å². The Balaban J connectivity index is 1.43. The van der Waals surface area contributed by atoms with Crippen molar-refractivity contribution in [2.45, 2.75) is 50.3 Å². The molecule has 13 heteroatoms. The molecule has 0 radical (unpaired) electrons. The van der Waals surface area contributed by atoms with Gasteiger partial charge in [0.25, 0.3) is 0 Å². The number of fused-ring (bicyclic) bond motifs is 1. The van der Waals surface area contributed by atoms with Crippen molar-refractivity contribution in [2.24, 2.45) is 0 Å². The smallest absolute Gasteiger partial charge is 0.421 e. The van der Waals surface area contributed by atoms with E-state index in [1.165, 1.54) is 24.3 Å². The lowest BCUT2D eigenvalue weighted by atomic mass is 10.0. The van der Waals surface area contributed by atoms with Crippen LogP contribution in [0.3, 0.4) is 0 Å². The third-order valence-corrected chi connectivity index (χ3v) is 5.87. The standard InChI is InChI=1S/C24H23F7N2O4/c25-22(26)23(27,28)37-20-12-16(5-8-19(20)36-22)11-17(14-33-9-1-2-10-33)32-21(34)13-15-3-6-18(7-4-15)35-24(29,30)31/h3-8,12,17H,1-2,9-11,13-14H2,(H,32,34). The van der Waals surface area contributed by atoms with E-state index in [4.69, 9.17) is 0 Å². The highest BCUT2D eigenvalue weighted by molar-refractivity contribution is 5.79. The molecule has 1 amide bonds. The van der Waals surface area contributed by atoms with Crippen LogP contribution in [0.15, 0.2) is 42.5 Å². The molecule has 1 atom stereocenters. The van der Waals surface area contributed by atoms with Crippen LogP contribution in [0.25, 0.3) is 0 Å². The maximum absolute atomic E-state index is 13.6. The summed E-state index contributed by atoms with van der Waals surface area (Å²) in [5.41, 5.74) is 0.899. The van der Waals surface area contributed by atoms with E-state index in [0.29, 0.717) is 17.7 Å². The number of amides is 1. The Hall–Kier alpha value is -3.22. The molecule has 37 heavy (non-hydrogen) atoms. The molecule has 0 saturated carbocycles. The van der Waals surface area contributed by atoms with E-state index in [1.54, 1.807) is 0 Å². The van der Waals surface area contributed by atoms with Gasteiger partial charge in [0, 0.05) is 12.6 Å². The number of nitrogens with zero attached hydrogens (tertiary/aromatic N) is 1. The Bertz CT molecular complexity index is 1100. The van der Waals surface area contributed by atoms with E-state index < -0.39 is 47.8 Å². The lowest BCUT2D eigenvalue weighted by Crippen LogP contribution is -2.52. The molecule has 2 aromatic carbocycles. The van der Waals surface area contributed by atoms with Gasteiger partial charge in [0.05, 0.1) is 6.42 Å². The molecule has 2 aromatic rings. The molecule has 0 aromatic heterocycles. The molecule has 1 fully saturated rings. The molecule has 6 nitrogen and oxygen atoms in total. The first-order chi connectivity index (χ1) is 17.3. The highest BCUT2D eigenvalue weighted by atomic mass is 19.4. The number of alkyl halides is 7. The van der Waals surface area contributed by atoms with Crippen molar-refractivity contribution in [1.29, 1.82) is 0 Å². The van der Waals surface area contributed by atoms with E-state index in [2.05, 4.69) is 24.4 Å². The van der Waals surface area contributed by atoms with Crippen LogP contribution in [0.1, 0.15) is 24.0 Å². The average Bonchev–Trinajstić information content (AvgIpc) is 3.28. The first-order valence-electron chi connectivity index (χ1n) is 11.4. The van der Waals surface area contributed by atoms with E-state index in [-0.39, 0.29) is 12.8 Å². The number of carbonyl (C=O) groups excluding carboxylic acids is 1. The molecular formula is C24H23F7N2O4. The Morgan fingerprint density at radius 1 is 0.946 bits per heavy atom. The zero-order valence-corrected chi connectivity index (χ0v) is 19.3. The Morgan fingerprint density at radius 2 is 1.54 bits per heavy atom. The molecule has 1 N–H and O–H groups in total. The summed E-state index contributed by atoms with van der Waals surface area (Å²) in [5, 5.41) is 2.87. The highest BCUT2D eigenvalue weighted by Gasteiger charge is 2.65. The number of halogens is 7. The van der Waals surface area contributed by atoms with Gasteiger partial charge in [-0.05, 0) is 67.7 Å². The lowest BCUT2D eigenvalue weighted by molar-refractivity contribution is -0.391. The zero-order valence-electron chi connectivity index (χ0n) is 19.3. The fourth-order valence-electron chi connectivity index (χ4n) is 4.23. The Morgan fingerprint density at radius 3 is 2.16 bits per heavy atom. The number of likely N-dealkylation sites (tertiary alicyclic amines) is 1. The van der Waals surface area contributed by atoms with Gasteiger partial charge in [-0.2, -0.15) is 17.6 Å². The number of benzene rings is 2. The van der Waals surface area contributed by atoms with Gasteiger partial charge in [0.1, 0.15) is 5.75 Å². The third-order valence-electron chi connectivity index (χ3n) is 5.87. The molecule has 4 rings (SSSR count). The summed E-state index contributed by atoms with van der Waals surface area (Å²) in [6, 6.07) is 8.11. The van der Waals surface area contributed by atoms with Crippen LogP contribution in [-0.2, 0) is 17.6 Å². The quantitative estimate of drug-likeness (QED) is 0.486. The maximum atomic E-state index is 13.6. The molecule has 0 bridgehead atoms. The fourth-order valence-corrected chi connectivity index (χ4v) is 4.23. The SMILES string of the molecule is O=C(Cc1ccc(OC(F)(F)F)cc1)NC(Cc1ccc2c(c1)OC(F)(F)C(F)(F)O2)CN1CCCC1. The van der Waals surface area contributed by atoms with Gasteiger partial charge in [-0.25, -0.2) is 0 Å². The number of nitrogens with one attached hydrogen (secondary N) is 1. The van der Waals surface area contributed by atoms with Crippen molar-refractivity contribution in [2.75, 3.05) is 19.6 Å². The summed E-state index contributed by atoms with van der Waals surface area (Å²) in [5.74, 6) is -1.89. The summed E-state index contributed by atoms with van der Waals surface area (Å²) in [6.45, 7) is 2.08. The second-order valence-corrected chi connectivity index (χ2v) is 8.86. The fraction of sp³-hybridized carbons (Fsp3) is 0.458. The predicted molar refractivity (Wildman–Crippen MR) is 116 cm³/mol. The minimum Gasteiger partial charge on any atom is -0.421 e. The normalized spacial score (nSPS) is 19.3. The molecular weight excluding hydrogens is 513 g/mol. The number of rotatable bonds is 8. The average molecular weight is 536 g/mol. The predicted octanol–water partition coefficient (Wildman–Crippen LogP) is 4.91. The van der Waals surface area contributed by atoms with Gasteiger partial charge < -0.3 is 24.4 Å². The van der Waals surface area contributed by atoms with Crippen LogP contribution in [-0.4, -0.2) is 55.1 Å². The van der Waals surface area contributed by atoms with Crippen molar-refractivity contribution in [1.82, 2.24) is 10.2 Å². The molecule has 2 heterocycles. The summed E-state index contributed by atoms with van der Waals surface area (Å²) in [4.78, 5) is 14.8. The molecule has 0 spiro atoms. The largest absolute Gasteiger partial charge is 0.573 e. The van der Waals surface area contributed by atoms with Gasteiger partial charge >= 0.3 is 18.6 Å². The monoisotopic (exact) mass is 536 g/mol. The van der Waals surface area contributed by atoms with Gasteiger partial charge in [-0.15, -0.1) is 13.2 Å². The second-order valence-electron chi connectivity index (χ2n) is 8.86. The minimum atomic E-state index is -4.84. The Labute approximate surface area is 207 Å². The van der Waals surface area contributed by atoms with Crippen LogP contribution >= 0.6 is 0 Å². The number of hydrogen-bond acceptors (Lipinski definition) is 5. The molecule has 1 saturated heterocycles. The Kier molecular flexibility index (Phi) is 7.45. The summed E-state index contributed by atoms with van der Waals surface area (Å²) in [6.07, 6.45) is -12.5. The first-order valence-corrected chi connectivity index (χ1v) is 11.4. The van der Waals surface area contributed by atoms with Gasteiger partial charge in [-0.1, -0.05) is 18.2 Å². The van der Waals surface area contributed by atoms with Crippen molar-refractivity contribution >= 4 is 5.91 Å². The van der Waals surface area contributed by atoms with Crippen LogP contribution in [0.5, 0.6) is 17.2 Å². The molecule has 0 aliphatic carbocycles. The lowest BCUT2D eigenvalue weighted by Gasteiger charge is -2.32. The van der Waals surface area contributed by atoms with Gasteiger partial charge in [0.2, 0.25) is 5.91 Å². The summed E-state index contributed by atoms with van der Waals surface area (Å²) >= 11 is 0. The molecule has 1 unspecified atom stereocenters. The number of carbonyl (C=O) groups is 1. The maximum Gasteiger partial charge on any atom is 0.573 e. The van der Waals surface area contributed by atoms with E-state index in [1.807, 2.05) is 0 Å². The first kappa shape index (κ1) is 26.8. The molecule has 2 aliphatic rings. The van der Waals surface area contributed by atoms with Crippen LogP contribution < -0.4 is 19.5 Å². The summed E-state index contributed by atoms with van der Waals surface area (Å²) in [7, 11) is 0. The molecule has 202 valence electrons. The topological polar surface area (TPSA) is 60.0 Å². The van der Waals surface area contributed by atoms with Crippen LogP contribution in [0.4, 0.5) is 30.7 Å². The zero-order chi connectivity index (χ0) is 26.8. The van der Waals surface area contributed by atoms with E-state index in [0.717, 1.165) is 44.1 Å². The number of hydrogen-bond donors (Lipinski definition) is 1. The van der Waals surface area contributed by atoms with E-state index in [9.17, 15) is 35.5 Å². The summed E-state index contributed by atoms with van der Waals surface area (Å²) < 4.78 is 103. The highest BCUT2D eigenvalue weighted by Crippen LogP contribution is 2.47. The minimum absolute atomic E-state index is 0.120.